The van der Waals surface area contributed by atoms with Crippen LogP contribution in [0.2, 0.25) is 0 Å². The molecule has 1 unspecified atom stereocenters. The van der Waals surface area contributed by atoms with E-state index in [0.717, 1.165) is 11.1 Å². The van der Waals surface area contributed by atoms with Gasteiger partial charge in [0, 0.05) is 19.0 Å². The maximum atomic E-state index is 12.6. The van der Waals surface area contributed by atoms with E-state index < -0.39 is 6.10 Å². The Bertz CT molecular complexity index is 751. The molecule has 1 aliphatic heterocycles. The number of hydrogen-bond acceptors (Lipinski definition) is 3. The van der Waals surface area contributed by atoms with E-state index in [1.165, 1.54) is 0 Å². The Labute approximate surface area is 153 Å². The largest absolute Gasteiger partial charge is 0.481 e. The molecular formula is C21H24N2O3. The predicted octanol–water partition coefficient (Wildman–Crippen LogP) is 2.84. The lowest BCUT2D eigenvalue weighted by atomic mass is 9.96. The second-order valence-corrected chi connectivity index (χ2v) is 6.65. The number of nitrogens with zero attached hydrogens (tertiary/aromatic N) is 1. The zero-order valence-electron chi connectivity index (χ0n) is 14.9. The highest BCUT2D eigenvalue weighted by atomic mass is 16.5. The van der Waals surface area contributed by atoms with E-state index in [1.807, 2.05) is 42.5 Å². The average molecular weight is 352 g/mol. The second kappa shape index (κ2) is 8.04. The van der Waals surface area contributed by atoms with Crippen molar-refractivity contribution in [3.63, 3.8) is 0 Å². The van der Waals surface area contributed by atoms with E-state index in [4.69, 9.17) is 10.5 Å². The van der Waals surface area contributed by atoms with Crippen LogP contribution in [-0.4, -0.2) is 35.9 Å². The van der Waals surface area contributed by atoms with Crippen molar-refractivity contribution < 1.29 is 14.3 Å². The molecule has 1 atom stereocenters. The minimum Gasteiger partial charge on any atom is -0.481 e. The van der Waals surface area contributed by atoms with Crippen molar-refractivity contribution in [2.45, 2.75) is 25.9 Å². The third-order valence-corrected chi connectivity index (χ3v) is 4.83. The van der Waals surface area contributed by atoms with Crippen LogP contribution in [-0.2, 0) is 9.59 Å². The van der Waals surface area contributed by atoms with Crippen molar-refractivity contribution in [1.82, 2.24) is 4.90 Å². The molecule has 1 aliphatic rings. The summed E-state index contributed by atoms with van der Waals surface area (Å²) < 4.78 is 5.81. The lowest BCUT2D eigenvalue weighted by Gasteiger charge is -2.32. The van der Waals surface area contributed by atoms with Gasteiger partial charge in [0.05, 0.1) is 0 Å². The van der Waals surface area contributed by atoms with Crippen molar-refractivity contribution in [3.8, 4) is 16.9 Å². The van der Waals surface area contributed by atoms with Crippen molar-refractivity contribution in [1.29, 1.82) is 0 Å². The fourth-order valence-electron chi connectivity index (χ4n) is 3.25. The zero-order valence-corrected chi connectivity index (χ0v) is 14.9. The number of hydrogen-bond donors (Lipinski definition) is 1. The standard InChI is InChI=1S/C21H24N2O3/c1-15(21(25)23-13-11-18(12-14-23)20(22)24)26-19-9-7-17(8-10-19)16-5-3-2-4-6-16/h2-10,15,18H,11-14H2,1H3,(H2,22,24). The lowest BCUT2D eigenvalue weighted by Crippen LogP contribution is -2.46. The van der Waals surface area contributed by atoms with Crippen molar-refractivity contribution in [2.75, 3.05) is 13.1 Å². The van der Waals surface area contributed by atoms with Crippen molar-refractivity contribution in [3.05, 3.63) is 54.6 Å². The Hall–Kier alpha value is -2.82. The monoisotopic (exact) mass is 352 g/mol. The summed E-state index contributed by atoms with van der Waals surface area (Å²) in [5.41, 5.74) is 7.58. The molecule has 5 nitrogen and oxygen atoms in total. The van der Waals surface area contributed by atoms with Crippen LogP contribution in [0.4, 0.5) is 0 Å². The summed E-state index contributed by atoms with van der Waals surface area (Å²) in [5.74, 6) is 0.207. The van der Waals surface area contributed by atoms with Gasteiger partial charge in [0.1, 0.15) is 5.75 Å². The number of rotatable bonds is 5. The van der Waals surface area contributed by atoms with E-state index in [9.17, 15) is 9.59 Å². The molecule has 0 spiro atoms. The van der Waals surface area contributed by atoms with Gasteiger partial charge >= 0.3 is 0 Å². The molecule has 2 amide bonds. The smallest absolute Gasteiger partial charge is 0.263 e. The fraction of sp³-hybridized carbons (Fsp3) is 0.333. The number of piperidine rings is 1. The highest BCUT2D eigenvalue weighted by Crippen LogP contribution is 2.23. The first-order valence-corrected chi connectivity index (χ1v) is 8.95. The molecule has 2 aromatic rings. The van der Waals surface area contributed by atoms with Gasteiger partial charge in [-0.1, -0.05) is 42.5 Å². The molecule has 1 heterocycles. The van der Waals surface area contributed by atoms with Gasteiger partial charge in [-0.15, -0.1) is 0 Å². The Morgan fingerprint density at radius 3 is 2.15 bits per heavy atom. The van der Waals surface area contributed by atoms with E-state index in [-0.39, 0.29) is 17.7 Å². The predicted molar refractivity (Wildman–Crippen MR) is 100 cm³/mol. The Morgan fingerprint density at radius 2 is 1.58 bits per heavy atom. The van der Waals surface area contributed by atoms with Crippen molar-refractivity contribution >= 4 is 11.8 Å². The number of carbonyl (C=O) groups is 2. The SMILES string of the molecule is CC(Oc1ccc(-c2ccccc2)cc1)C(=O)N1CCC(C(N)=O)CC1. The number of likely N-dealkylation sites (tertiary alicyclic amines) is 1. The van der Waals surface area contributed by atoms with Crippen LogP contribution in [0.15, 0.2) is 54.6 Å². The van der Waals surface area contributed by atoms with Gasteiger partial charge < -0.3 is 15.4 Å². The highest BCUT2D eigenvalue weighted by Gasteiger charge is 2.29. The first kappa shape index (κ1) is 18.0. The van der Waals surface area contributed by atoms with Crippen LogP contribution >= 0.6 is 0 Å². The minimum atomic E-state index is -0.567. The quantitative estimate of drug-likeness (QED) is 0.899. The summed E-state index contributed by atoms with van der Waals surface area (Å²) in [7, 11) is 0. The number of nitrogens with two attached hydrogens (primary N) is 1. The number of ether oxygens (including phenoxy) is 1. The maximum Gasteiger partial charge on any atom is 0.263 e. The molecule has 0 bridgehead atoms. The Balaban J connectivity index is 1.57. The summed E-state index contributed by atoms with van der Waals surface area (Å²) in [6, 6.07) is 17.8. The summed E-state index contributed by atoms with van der Waals surface area (Å²) in [4.78, 5) is 25.5. The van der Waals surface area contributed by atoms with E-state index in [1.54, 1.807) is 11.8 Å². The Kier molecular flexibility index (Phi) is 5.56. The van der Waals surface area contributed by atoms with Gasteiger partial charge in [-0.3, -0.25) is 9.59 Å². The molecule has 136 valence electrons. The lowest BCUT2D eigenvalue weighted by molar-refractivity contribution is -0.140. The highest BCUT2D eigenvalue weighted by molar-refractivity contribution is 5.82. The van der Waals surface area contributed by atoms with E-state index in [0.29, 0.717) is 31.7 Å². The summed E-state index contributed by atoms with van der Waals surface area (Å²) in [6.07, 6.45) is 0.682. The van der Waals surface area contributed by atoms with Crippen LogP contribution < -0.4 is 10.5 Å². The van der Waals surface area contributed by atoms with Gasteiger partial charge in [0.25, 0.3) is 5.91 Å². The van der Waals surface area contributed by atoms with Gasteiger partial charge in [0.2, 0.25) is 5.91 Å². The topological polar surface area (TPSA) is 72.6 Å². The van der Waals surface area contributed by atoms with E-state index in [2.05, 4.69) is 12.1 Å². The number of carbonyl (C=O) groups excluding carboxylic acids is 2. The van der Waals surface area contributed by atoms with Crippen molar-refractivity contribution in [2.24, 2.45) is 11.7 Å². The molecule has 2 aromatic carbocycles. The third-order valence-electron chi connectivity index (χ3n) is 4.83. The summed E-state index contributed by atoms with van der Waals surface area (Å²) in [6.45, 7) is 2.85. The molecule has 0 aromatic heterocycles. The summed E-state index contributed by atoms with van der Waals surface area (Å²) in [5, 5.41) is 0. The molecule has 2 N–H and O–H groups in total. The average Bonchev–Trinajstić information content (AvgIpc) is 2.68. The fourth-order valence-corrected chi connectivity index (χ4v) is 3.25. The minimum absolute atomic E-state index is 0.0555. The number of benzene rings is 2. The van der Waals surface area contributed by atoms with Gasteiger partial charge in [-0.05, 0) is 43.0 Å². The molecule has 3 rings (SSSR count). The normalized spacial score (nSPS) is 16.1. The zero-order chi connectivity index (χ0) is 18.5. The third kappa shape index (κ3) is 4.23. The maximum absolute atomic E-state index is 12.6. The van der Waals surface area contributed by atoms with Crippen LogP contribution in [0.1, 0.15) is 19.8 Å². The molecular weight excluding hydrogens is 328 g/mol. The Morgan fingerprint density at radius 1 is 1.00 bits per heavy atom. The van der Waals surface area contributed by atoms with Crippen LogP contribution in [0.3, 0.4) is 0 Å². The van der Waals surface area contributed by atoms with Gasteiger partial charge in [0.15, 0.2) is 6.10 Å². The van der Waals surface area contributed by atoms with Crippen LogP contribution in [0.25, 0.3) is 11.1 Å². The second-order valence-electron chi connectivity index (χ2n) is 6.65. The number of amides is 2. The van der Waals surface area contributed by atoms with Crippen LogP contribution in [0, 0.1) is 5.92 Å². The van der Waals surface area contributed by atoms with Gasteiger partial charge in [-0.2, -0.15) is 0 Å². The first-order valence-electron chi connectivity index (χ1n) is 8.95. The molecule has 0 saturated carbocycles. The summed E-state index contributed by atoms with van der Waals surface area (Å²) >= 11 is 0. The molecule has 1 saturated heterocycles. The number of primary amides is 1. The molecule has 26 heavy (non-hydrogen) atoms. The molecule has 0 radical (unpaired) electrons. The molecule has 1 fully saturated rings. The van der Waals surface area contributed by atoms with Crippen LogP contribution in [0.5, 0.6) is 5.75 Å². The van der Waals surface area contributed by atoms with Gasteiger partial charge in [-0.25, -0.2) is 0 Å². The molecule has 5 heteroatoms. The van der Waals surface area contributed by atoms with E-state index >= 15 is 0 Å². The first-order chi connectivity index (χ1) is 12.5. The molecule has 0 aliphatic carbocycles.